The summed E-state index contributed by atoms with van der Waals surface area (Å²) in [5.74, 6) is -0.0206. The molecule has 3 rings (SSSR count). The SMILES string of the molecule is N=C(N)c1ccc(-c2ncc(-c3ccc(CCC(=O)O)cc3)[nH]2)cc1. The smallest absolute Gasteiger partial charge is 0.303 e. The molecule has 0 unspecified atom stereocenters. The number of aryl methyl sites for hydroxylation is 1. The van der Waals surface area contributed by atoms with E-state index in [9.17, 15) is 4.79 Å². The summed E-state index contributed by atoms with van der Waals surface area (Å²) in [7, 11) is 0. The summed E-state index contributed by atoms with van der Waals surface area (Å²) in [5.41, 5.74) is 9.91. The van der Waals surface area contributed by atoms with Crippen LogP contribution in [0.5, 0.6) is 0 Å². The number of nitrogens with zero attached hydrogens (tertiary/aromatic N) is 1. The number of aromatic amines is 1. The van der Waals surface area contributed by atoms with Crippen LogP contribution in [0.1, 0.15) is 17.5 Å². The van der Waals surface area contributed by atoms with Crippen LogP contribution in [-0.2, 0) is 11.2 Å². The minimum atomic E-state index is -0.793. The van der Waals surface area contributed by atoms with E-state index in [-0.39, 0.29) is 12.3 Å². The highest BCUT2D eigenvalue weighted by atomic mass is 16.4. The van der Waals surface area contributed by atoms with E-state index in [1.165, 1.54) is 0 Å². The van der Waals surface area contributed by atoms with Crippen molar-refractivity contribution in [2.24, 2.45) is 5.73 Å². The molecule has 3 aromatic rings. The van der Waals surface area contributed by atoms with Crippen molar-refractivity contribution in [3.8, 4) is 22.6 Å². The zero-order valence-corrected chi connectivity index (χ0v) is 13.5. The van der Waals surface area contributed by atoms with Crippen LogP contribution in [0.3, 0.4) is 0 Å². The molecule has 0 spiro atoms. The Labute approximate surface area is 144 Å². The second kappa shape index (κ2) is 7.00. The third-order valence-corrected chi connectivity index (χ3v) is 3.94. The number of aliphatic carboxylic acids is 1. The lowest BCUT2D eigenvalue weighted by Gasteiger charge is -2.02. The molecule has 1 aromatic heterocycles. The van der Waals surface area contributed by atoms with E-state index in [2.05, 4.69) is 9.97 Å². The molecule has 0 saturated heterocycles. The normalized spacial score (nSPS) is 10.6. The van der Waals surface area contributed by atoms with Crippen molar-refractivity contribution in [3.05, 3.63) is 65.9 Å². The van der Waals surface area contributed by atoms with Crippen molar-refractivity contribution in [1.29, 1.82) is 5.41 Å². The van der Waals surface area contributed by atoms with Gasteiger partial charge < -0.3 is 15.8 Å². The Morgan fingerprint density at radius 2 is 1.72 bits per heavy atom. The molecule has 126 valence electrons. The zero-order chi connectivity index (χ0) is 17.8. The Kier molecular flexibility index (Phi) is 4.61. The molecule has 0 bridgehead atoms. The van der Waals surface area contributed by atoms with Gasteiger partial charge in [-0.15, -0.1) is 0 Å². The van der Waals surface area contributed by atoms with Gasteiger partial charge in [0.1, 0.15) is 11.7 Å². The second-order valence-electron chi connectivity index (χ2n) is 5.73. The molecular formula is C19H18N4O2. The number of aromatic nitrogens is 2. The monoisotopic (exact) mass is 334 g/mol. The van der Waals surface area contributed by atoms with Gasteiger partial charge in [0.25, 0.3) is 0 Å². The number of nitrogen functional groups attached to an aromatic ring is 1. The molecule has 25 heavy (non-hydrogen) atoms. The molecular weight excluding hydrogens is 316 g/mol. The molecule has 0 radical (unpaired) electrons. The fourth-order valence-electron chi connectivity index (χ4n) is 2.52. The lowest BCUT2D eigenvalue weighted by atomic mass is 10.1. The third-order valence-electron chi connectivity index (χ3n) is 3.94. The Bertz CT molecular complexity index is 896. The molecule has 0 aliphatic carbocycles. The van der Waals surface area contributed by atoms with Gasteiger partial charge in [0.2, 0.25) is 0 Å². The summed E-state index contributed by atoms with van der Waals surface area (Å²) in [6.07, 6.45) is 2.41. The van der Waals surface area contributed by atoms with Crippen molar-refractivity contribution in [2.75, 3.05) is 0 Å². The lowest BCUT2D eigenvalue weighted by molar-refractivity contribution is -0.136. The molecule has 5 N–H and O–H groups in total. The van der Waals surface area contributed by atoms with E-state index in [4.69, 9.17) is 16.2 Å². The van der Waals surface area contributed by atoms with Gasteiger partial charge in [0.05, 0.1) is 11.9 Å². The number of imidazole rings is 1. The molecule has 0 saturated carbocycles. The van der Waals surface area contributed by atoms with Gasteiger partial charge in [-0.25, -0.2) is 4.98 Å². The molecule has 1 heterocycles. The summed E-state index contributed by atoms with van der Waals surface area (Å²) in [5, 5.41) is 16.2. The number of hydrogen-bond acceptors (Lipinski definition) is 3. The highest BCUT2D eigenvalue weighted by Crippen LogP contribution is 2.23. The maximum absolute atomic E-state index is 10.6. The number of nitrogens with two attached hydrogens (primary N) is 1. The Morgan fingerprint density at radius 3 is 2.32 bits per heavy atom. The number of benzene rings is 2. The number of carboxylic acids is 1. The van der Waals surface area contributed by atoms with Crippen LogP contribution in [0, 0.1) is 5.41 Å². The first kappa shape index (κ1) is 16.4. The fraction of sp³-hybridized carbons (Fsp3) is 0.105. The van der Waals surface area contributed by atoms with Crippen molar-refractivity contribution in [2.45, 2.75) is 12.8 Å². The number of amidine groups is 1. The van der Waals surface area contributed by atoms with Gasteiger partial charge in [-0.1, -0.05) is 48.5 Å². The summed E-state index contributed by atoms with van der Waals surface area (Å²) >= 11 is 0. The minimum absolute atomic E-state index is 0.0367. The summed E-state index contributed by atoms with van der Waals surface area (Å²) in [6.45, 7) is 0. The Balaban J connectivity index is 1.76. The van der Waals surface area contributed by atoms with E-state index >= 15 is 0 Å². The minimum Gasteiger partial charge on any atom is -0.481 e. The second-order valence-corrected chi connectivity index (χ2v) is 5.73. The van der Waals surface area contributed by atoms with Crippen LogP contribution in [0.4, 0.5) is 0 Å². The molecule has 6 nitrogen and oxygen atoms in total. The van der Waals surface area contributed by atoms with Gasteiger partial charge in [-0.3, -0.25) is 10.2 Å². The van der Waals surface area contributed by atoms with Crippen LogP contribution in [0.25, 0.3) is 22.6 Å². The molecule has 0 fully saturated rings. The first-order chi connectivity index (χ1) is 12.0. The Morgan fingerprint density at radius 1 is 1.08 bits per heavy atom. The number of rotatable bonds is 6. The van der Waals surface area contributed by atoms with Crippen LogP contribution < -0.4 is 5.73 Å². The number of carbonyl (C=O) groups is 1. The topological polar surface area (TPSA) is 116 Å². The average molecular weight is 334 g/mol. The van der Waals surface area contributed by atoms with Crippen LogP contribution in [0.15, 0.2) is 54.7 Å². The lowest BCUT2D eigenvalue weighted by Crippen LogP contribution is -2.10. The first-order valence-electron chi connectivity index (χ1n) is 7.84. The maximum Gasteiger partial charge on any atom is 0.303 e. The molecule has 0 aliphatic heterocycles. The van der Waals surface area contributed by atoms with Crippen LogP contribution >= 0.6 is 0 Å². The van der Waals surface area contributed by atoms with Gasteiger partial charge in [-0.2, -0.15) is 0 Å². The fourth-order valence-corrected chi connectivity index (χ4v) is 2.52. The van der Waals surface area contributed by atoms with Gasteiger partial charge in [0.15, 0.2) is 0 Å². The summed E-state index contributed by atoms with van der Waals surface area (Å²) in [4.78, 5) is 18.3. The average Bonchev–Trinajstić information content (AvgIpc) is 3.10. The zero-order valence-electron chi connectivity index (χ0n) is 13.5. The third kappa shape index (κ3) is 3.92. The number of carboxylic acid groups (broad SMARTS) is 1. The predicted octanol–water partition coefficient (Wildman–Crippen LogP) is 3.04. The summed E-state index contributed by atoms with van der Waals surface area (Å²) in [6, 6.07) is 15.1. The van der Waals surface area contributed by atoms with Crippen molar-refractivity contribution in [1.82, 2.24) is 9.97 Å². The summed E-state index contributed by atoms with van der Waals surface area (Å²) < 4.78 is 0. The van der Waals surface area contributed by atoms with Gasteiger partial charge >= 0.3 is 5.97 Å². The van der Waals surface area contributed by atoms with E-state index in [0.717, 1.165) is 28.2 Å². The molecule has 0 atom stereocenters. The maximum atomic E-state index is 10.6. The highest BCUT2D eigenvalue weighted by molar-refractivity contribution is 5.95. The van der Waals surface area contributed by atoms with E-state index < -0.39 is 5.97 Å². The van der Waals surface area contributed by atoms with Crippen molar-refractivity contribution >= 4 is 11.8 Å². The van der Waals surface area contributed by atoms with E-state index in [1.54, 1.807) is 18.3 Å². The quantitative estimate of drug-likeness (QED) is 0.409. The van der Waals surface area contributed by atoms with Crippen molar-refractivity contribution < 1.29 is 9.90 Å². The Hall–Kier alpha value is -3.41. The van der Waals surface area contributed by atoms with Crippen molar-refractivity contribution in [3.63, 3.8) is 0 Å². The van der Waals surface area contributed by atoms with Crippen LogP contribution in [-0.4, -0.2) is 26.9 Å². The number of nitrogens with one attached hydrogen (secondary N) is 2. The van der Waals surface area contributed by atoms with E-state index in [0.29, 0.717) is 12.0 Å². The van der Waals surface area contributed by atoms with Gasteiger partial charge in [-0.05, 0) is 17.5 Å². The molecule has 0 aliphatic rings. The molecule has 0 amide bonds. The highest BCUT2D eigenvalue weighted by Gasteiger charge is 2.07. The standard InChI is InChI=1S/C19H18N4O2/c20-18(21)14-6-8-15(9-7-14)19-22-11-16(23-19)13-4-1-12(2-5-13)3-10-17(24)25/h1-2,4-9,11H,3,10H2,(H3,20,21)(H,22,23)(H,24,25). The number of H-pyrrole nitrogens is 1. The molecule has 2 aromatic carbocycles. The number of hydrogen-bond donors (Lipinski definition) is 4. The predicted molar refractivity (Wildman–Crippen MR) is 96.4 cm³/mol. The van der Waals surface area contributed by atoms with E-state index in [1.807, 2.05) is 36.4 Å². The first-order valence-corrected chi connectivity index (χ1v) is 7.84. The largest absolute Gasteiger partial charge is 0.481 e. The molecule has 6 heteroatoms. The van der Waals surface area contributed by atoms with Gasteiger partial charge in [0, 0.05) is 17.5 Å². The van der Waals surface area contributed by atoms with Crippen LogP contribution in [0.2, 0.25) is 0 Å².